The van der Waals surface area contributed by atoms with E-state index in [9.17, 15) is 12.3 Å². The molecule has 0 saturated heterocycles. The molecular formula is C7H6FIO2S. The van der Waals surface area contributed by atoms with Crippen LogP contribution in [0.25, 0.3) is 0 Å². The van der Waals surface area contributed by atoms with Crippen molar-refractivity contribution in [2.24, 2.45) is 0 Å². The zero-order valence-electron chi connectivity index (χ0n) is 5.94. The van der Waals surface area contributed by atoms with Crippen molar-refractivity contribution in [2.75, 3.05) is 0 Å². The molecule has 1 unspecified atom stereocenters. The van der Waals surface area contributed by atoms with Gasteiger partial charge >= 0.3 is 10.2 Å². The molecule has 0 bridgehead atoms. The molecule has 66 valence electrons. The molecule has 0 spiro atoms. The average Bonchev–Trinajstić information content (AvgIpc) is 2.03. The van der Waals surface area contributed by atoms with E-state index in [1.807, 2.05) is 0 Å². The van der Waals surface area contributed by atoms with E-state index < -0.39 is 13.5 Å². The monoisotopic (exact) mass is 300 g/mol. The minimum absolute atomic E-state index is 0.459. The van der Waals surface area contributed by atoms with Gasteiger partial charge in [0.05, 0.1) is 0 Å². The highest BCUT2D eigenvalue weighted by Crippen LogP contribution is 2.30. The van der Waals surface area contributed by atoms with Crippen LogP contribution in [0.1, 0.15) is 8.82 Å². The Morgan fingerprint density at radius 2 is 1.75 bits per heavy atom. The molecule has 1 atom stereocenters. The summed E-state index contributed by atoms with van der Waals surface area (Å²) in [6, 6.07) is 8.25. The second kappa shape index (κ2) is 3.69. The van der Waals surface area contributed by atoms with Gasteiger partial charge in [-0.2, -0.15) is 8.42 Å². The number of hydrogen-bond acceptors (Lipinski definition) is 2. The second-order valence-electron chi connectivity index (χ2n) is 2.20. The first-order chi connectivity index (χ1) is 5.52. The molecule has 0 aliphatic carbocycles. The van der Waals surface area contributed by atoms with Crippen molar-refractivity contribution >= 4 is 32.8 Å². The minimum Gasteiger partial charge on any atom is -0.193 e. The van der Waals surface area contributed by atoms with Crippen LogP contribution in [0.15, 0.2) is 30.3 Å². The summed E-state index contributed by atoms with van der Waals surface area (Å²) in [6.45, 7) is 0. The van der Waals surface area contributed by atoms with E-state index in [0.717, 1.165) is 0 Å². The average molecular weight is 300 g/mol. The lowest BCUT2D eigenvalue weighted by Gasteiger charge is -2.03. The number of alkyl halides is 1. The second-order valence-corrected chi connectivity index (χ2v) is 5.72. The number of hydrogen-bond donors (Lipinski definition) is 0. The zero-order chi connectivity index (χ0) is 9.19. The molecule has 1 aromatic rings. The van der Waals surface area contributed by atoms with Crippen LogP contribution < -0.4 is 0 Å². The first kappa shape index (κ1) is 9.91. The molecule has 0 aliphatic rings. The van der Waals surface area contributed by atoms with Gasteiger partial charge < -0.3 is 0 Å². The van der Waals surface area contributed by atoms with Gasteiger partial charge in [-0.15, -0.1) is 3.89 Å². The van der Waals surface area contributed by atoms with E-state index >= 15 is 0 Å². The van der Waals surface area contributed by atoms with Gasteiger partial charge in [-0.1, -0.05) is 52.9 Å². The third-order valence-corrected chi connectivity index (χ3v) is 4.62. The molecule has 1 rings (SSSR count). The fourth-order valence-corrected chi connectivity index (χ4v) is 1.66. The standard InChI is InChI=1S/C7H6FIO2S/c8-12(10,11)7(9)6-4-2-1-3-5-6/h1-5,7H. The quantitative estimate of drug-likeness (QED) is 0.477. The Hall–Kier alpha value is -0.170. The zero-order valence-corrected chi connectivity index (χ0v) is 8.92. The highest BCUT2D eigenvalue weighted by atomic mass is 127. The van der Waals surface area contributed by atoms with Crippen LogP contribution in [-0.4, -0.2) is 8.42 Å². The highest BCUT2D eigenvalue weighted by Gasteiger charge is 2.22. The summed E-state index contributed by atoms with van der Waals surface area (Å²) in [5.41, 5.74) is 0.459. The molecule has 0 amide bonds. The number of halogens is 2. The van der Waals surface area contributed by atoms with E-state index in [2.05, 4.69) is 0 Å². The minimum atomic E-state index is -4.47. The largest absolute Gasteiger partial charge is 0.318 e. The summed E-state index contributed by atoms with van der Waals surface area (Å²) in [4.78, 5) is 0. The van der Waals surface area contributed by atoms with Crippen LogP contribution in [0.2, 0.25) is 0 Å². The van der Waals surface area contributed by atoms with E-state index in [4.69, 9.17) is 0 Å². The SMILES string of the molecule is O=S(=O)(F)C(I)c1ccccc1. The lowest BCUT2D eigenvalue weighted by molar-refractivity contribution is 0.551. The summed E-state index contributed by atoms with van der Waals surface area (Å²) >= 11 is 1.55. The molecular weight excluding hydrogens is 294 g/mol. The van der Waals surface area contributed by atoms with Gasteiger partial charge in [-0.3, -0.25) is 0 Å². The molecule has 0 N–H and O–H groups in total. The van der Waals surface area contributed by atoms with Gasteiger partial charge in [0.25, 0.3) is 0 Å². The smallest absolute Gasteiger partial charge is 0.193 e. The molecule has 0 aromatic heterocycles. The molecule has 0 aliphatic heterocycles. The Kier molecular flexibility index (Phi) is 3.05. The Balaban J connectivity index is 3.02. The summed E-state index contributed by atoms with van der Waals surface area (Å²) in [6.07, 6.45) is 0. The van der Waals surface area contributed by atoms with Crippen molar-refractivity contribution in [1.29, 1.82) is 0 Å². The lowest BCUT2D eigenvalue weighted by Crippen LogP contribution is -1.99. The summed E-state index contributed by atoms with van der Waals surface area (Å²) in [5, 5.41) is 0. The highest BCUT2D eigenvalue weighted by molar-refractivity contribution is 14.1. The van der Waals surface area contributed by atoms with Crippen molar-refractivity contribution in [3.63, 3.8) is 0 Å². The third-order valence-electron chi connectivity index (χ3n) is 1.31. The van der Waals surface area contributed by atoms with Crippen LogP contribution in [0.4, 0.5) is 3.89 Å². The molecule has 5 heteroatoms. The van der Waals surface area contributed by atoms with Crippen molar-refractivity contribution in [2.45, 2.75) is 3.26 Å². The summed E-state index contributed by atoms with van der Waals surface area (Å²) in [7, 11) is -4.47. The van der Waals surface area contributed by atoms with Crippen LogP contribution in [-0.2, 0) is 10.2 Å². The van der Waals surface area contributed by atoms with Crippen molar-refractivity contribution < 1.29 is 12.3 Å². The van der Waals surface area contributed by atoms with Crippen LogP contribution in [0.5, 0.6) is 0 Å². The topological polar surface area (TPSA) is 34.1 Å². The van der Waals surface area contributed by atoms with Gasteiger partial charge in [0.2, 0.25) is 0 Å². The summed E-state index contributed by atoms with van der Waals surface area (Å²) in [5.74, 6) is 0. The Morgan fingerprint density at radius 1 is 1.25 bits per heavy atom. The number of rotatable bonds is 2. The van der Waals surface area contributed by atoms with Crippen molar-refractivity contribution in [1.82, 2.24) is 0 Å². The van der Waals surface area contributed by atoms with Crippen molar-refractivity contribution in [3.8, 4) is 0 Å². The first-order valence-electron chi connectivity index (χ1n) is 3.14. The molecule has 12 heavy (non-hydrogen) atoms. The van der Waals surface area contributed by atoms with E-state index in [1.165, 1.54) is 0 Å². The molecule has 0 heterocycles. The predicted octanol–water partition coefficient (Wildman–Crippen LogP) is 2.42. The van der Waals surface area contributed by atoms with Crippen molar-refractivity contribution in [3.05, 3.63) is 35.9 Å². The maximum absolute atomic E-state index is 12.4. The van der Waals surface area contributed by atoms with Gasteiger partial charge in [0.1, 0.15) is 0 Å². The normalized spacial score (nSPS) is 14.2. The van der Waals surface area contributed by atoms with Gasteiger partial charge in [0.15, 0.2) is 3.26 Å². The fraction of sp³-hybridized carbons (Fsp3) is 0.143. The lowest BCUT2D eigenvalue weighted by atomic mass is 10.2. The molecule has 0 saturated carbocycles. The van der Waals surface area contributed by atoms with Gasteiger partial charge in [-0.05, 0) is 5.56 Å². The van der Waals surface area contributed by atoms with Gasteiger partial charge in [0, 0.05) is 0 Å². The Morgan fingerprint density at radius 3 is 2.17 bits per heavy atom. The first-order valence-corrected chi connectivity index (χ1v) is 5.83. The number of benzene rings is 1. The van der Waals surface area contributed by atoms with Crippen LogP contribution in [0.3, 0.4) is 0 Å². The molecule has 1 aromatic carbocycles. The van der Waals surface area contributed by atoms with Crippen LogP contribution in [0, 0.1) is 0 Å². The van der Waals surface area contributed by atoms with E-state index in [1.54, 1.807) is 52.9 Å². The van der Waals surface area contributed by atoms with Gasteiger partial charge in [-0.25, -0.2) is 0 Å². The Labute approximate surface area is 84.1 Å². The van der Waals surface area contributed by atoms with E-state index in [-0.39, 0.29) is 0 Å². The molecule has 2 nitrogen and oxygen atoms in total. The maximum atomic E-state index is 12.4. The van der Waals surface area contributed by atoms with E-state index in [0.29, 0.717) is 5.56 Å². The third kappa shape index (κ3) is 2.41. The molecule has 0 fully saturated rings. The fourth-order valence-electron chi connectivity index (χ4n) is 0.767. The predicted molar refractivity (Wildman–Crippen MR) is 53.2 cm³/mol. The molecule has 0 radical (unpaired) electrons. The maximum Gasteiger partial charge on any atom is 0.318 e. The summed E-state index contributed by atoms with van der Waals surface area (Å²) < 4.78 is 32.2. The van der Waals surface area contributed by atoms with Crippen LogP contribution >= 0.6 is 22.6 Å². The Bertz CT molecular complexity index is 349.